The van der Waals surface area contributed by atoms with Gasteiger partial charge in [0.25, 0.3) is 5.91 Å². The van der Waals surface area contributed by atoms with Crippen molar-refractivity contribution in [1.82, 2.24) is 9.80 Å². The van der Waals surface area contributed by atoms with Crippen LogP contribution in [0.1, 0.15) is 27.6 Å². The lowest BCUT2D eigenvalue weighted by Crippen LogP contribution is -2.50. The lowest BCUT2D eigenvalue weighted by Gasteiger charge is -2.34. The van der Waals surface area contributed by atoms with Gasteiger partial charge in [-0.2, -0.15) is 0 Å². The second-order valence-corrected chi connectivity index (χ2v) is 6.23. The number of nitrogens with zero attached hydrogens (tertiary/aromatic N) is 2. The van der Waals surface area contributed by atoms with Gasteiger partial charge in [0.15, 0.2) is 5.78 Å². The minimum atomic E-state index is -0.173. The smallest absolute Gasteiger partial charge is 0.257 e. The second-order valence-electron chi connectivity index (χ2n) is 6.23. The first-order valence-corrected chi connectivity index (χ1v) is 8.48. The fourth-order valence-electron chi connectivity index (χ4n) is 2.97. The fraction of sp³-hybridized carbons (Fsp3) is 0.316. The molecule has 2 amide bonds. The monoisotopic (exact) mass is 355 g/mol. The van der Waals surface area contributed by atoms with E-state index in [0.717, 1.165) is 0 Å². The van der Waals surface area contributed by atoms with Crippen LogP contribution in [0.4, 0.5) is 5.69 Å². The predicted molar refractivity (Wildman–Crippen MR) is 96.1 cm³/mol. The number of benzene rings is 1. The summed E-state index contributed by atoms with van der Waals surface area (Å²) in [5, 5.41) is 2.80. The molecule has 0 aliphatic carbocycles. The number of amides is 2. The zero-order valence-corrected chi connectivity index (χ0v) is 14.6. The van der Waals surface area contributed by atoms with Crippen LogP contribution in [0.15, 0.2) is 47.3 Å². The number of hydrogen-bond acceptors (Lipinski definition) is 5. The molecule has 7 heteroatoms. The molecule has 136 valence electrons. The van der Waals surface area contributed by atoms with Crippen LogP contribution < -0.4 is 5.32 Å². The number of carbonyl (C=O) groups is 3. The molecule has 0 bridgehead atoms. The summed E-state index contributed by atoms with van der Waals surface area (Å²) in [5.74, 6) is -0.321. The summed E-state index contributed by atoms with van der Waals surface area (Å²) in [7, 11) is 0. The number of piperazine rings is 1. The molecular formula is C19H21N3O4. The van der Waals surface area contributed by atoms with E-state index in [0.29, 0.717) is 43.0 Å². The van der Waals surface area contributed by atoms with Gasteiger partial charge in [-0.3, -0.25) is 19.3 Å². The van der Waals surface area contributed by atoms with Crippen molar-refractivity contribution in [2.75, 3.05) is 38.0 Å². The number of para-hydroxylation sites is 1. The fourth-order valence-corrected chi connectivity index (χ4v) is 2.97. The number of nitrogens with one attached hydrogen (secondary N) is 1. The van der Waals surface area contributed by atoms with E-state index in [1.807, 2.05) is 4.90 Å². The van der Waals surface area contributed by atoms with Crippen LogP contribution in [0.5, 0.6) is 0 Å². The molecule has 0 saturated carbocycles. The molecule has 1 saturated heterocycles. The molecule has 1 aliphatic heterocycles. The Bertz CT molecular complexity index is 793. The molecule has 1 aliphatic rings. The summed E-state index contributed by atoms with van der Waals surface area (Å²) < 4.78 is 4.95. The third-order valence-electron chi connectivity index (χ3n) is 4.38. The summed E-state index contributed by atoms with van der Waals surface area (Å²) in [6, 6.07) is 8.61. The standard InChI is InChI=1S/C19H21N3O4/c1-14(23)16-4-2-3-5-17(16)20-18(24)12-21-7-9-22(10-8-21)19(25)15-6-11-26-13-15/h2-6,11,13H,7-10,12H2,1H3,(H,20,24). The highest BCUT2D eigenvalue weighted by Gasteiger charge is 2.24. The first-order valence-electron chi connectivity index (χ1n) is 8.48. The van der Waals surface area contributed by atoms with E-state index in [1.54, 1.807) is 35.2 Å². The predicted octanol–water partition coefficient (Wildman–Crippen LogP) is 1.88. The Morgan fingerprint density at radius 1 is 1.08 bits per heavy atom. The van der Waals surface area contributed by atoms with E-state index >= 15 is 0 Å². The van der Waals surface area contributed by atoms with Crippen molar-refractivity contribution in [2.45, 2.75) is 6.92 Å². The Morgan fingerprint density at radius 3 is 2.46 bits per heavy atom. The number of furan rings is 1. The van der Waals surface area contributed by atoms with Crippen LogP contribution in [0.2, 0.25) is 0 Å². The van der Waals surface area contributed by atoms with Gasteiger partial charge in [-0.1, -0.05) is 12.1 Å². The van der Waals surface area contributed by atoms with E-state index in [-0.39, 0.29) is 24.1 Å². The van der Waals surface area contributed by atoms with Gasteiger partial charge < -0.3 is 14.6 Å². The Kier molecular flexibility index (Phi) is 5.48. The summed E-state index contributed by atoms with van der Waals surface area (Å²) in [4.78, 5) is 39.9. The van der Waals surface area contributed by atoms with Gasteiger partial charge in [-0.05, 0) is 25.1 Å². The maximum absolute atomic E-state index is 12.3. The molecule has 2 heterocycles. The number of ketones is 1. The average molecular weight is 355 g/mol. The number of rotatable bonds is 5. The maximum Gasteiger partial charge on any atom is 0.257 e. The van der Waals surface area contributed by atoms with Gasteiger partial charge in [-0.25, -0.2) is 0 Å². The molecule has 0 unspecified atom stereocenters. The summed E-state index contributed by atoms with van der Waals surface area (Å²) in [6.07, 6.45) is 2.92. The van der Waals surface area contributed by atoms with Gasteiger partial charge in [0.1, 0.15) is 6.26 Å². The molecule has 26 heavy (non-hydrogen) atoms. The molecule has 1 aromatic carbocycles. The van der Waals surface area contributed by atoms with E-state index in [2.05, 4.69) is 5.32 Å². The first-order chi connectivity index (χ1) is 12.5. The van der Waals surface area contributed by atoms with Crippen molar-refractivity contribution >= 4 is 23.3 Å². The van der Waals surface area contributed by atoms with E-state index in [9.17, 15) is 14.4 Å². The second kappa shape index (κ2) is 7.97. The highest BCUT2D eigenvalue weighted by molar-refractivity contribution is 6.04. The highest BCUT2D eigenvalue weighted by Crippen LogP contribution is 2.16. The summed E-state index contributed by atoms with van der Waals surface area (Å²) in [5.41, 5.74) is 1.56. The van der Waals surface area contributed by atoms with Gasteiger partial charge in [0, 0.05) is 31.7 Å². The molecule has 1 fully saturated rings. The molecular weight excluding hydrogens is 334 g/mol. The lowest BCUT2D eigenvalue weighted by atomic mass is 10.1. The lowest BCUT2D eigenvalue weighted by molar-refractivity contribution is -0.117. The van der Waals surface area contributed by atoms with Crippen molar-refractivity contribution in [3.63, 3.8) is 0 Å². The average Bonchev–Trinajstić information content (AvgIpc) is 3.16. The minimum Gasteiger partial charge on any atom is -0.472 e. The molecule has 0 atom stereocenters. The maximum atomic E-state index is 12.3. The van der Waals surface area contributed by atoms with Gasteiger partial charge in [0.05, 0.1) is 24.1 Å². The van der Waals surface area contributed by atoms with E-state index < -0.39 is 0 Å². The minimum absolute atomic E-state index is 0.0572. The first kappa shape index (κ1) is 17.9. The van der Waals surface area contributed by atoms with Gasteiger partial charge in [0.2, 0.25) is 5.91 Å². The van der Waals surface area contributed by atoms with Crippen LogP contribution in [0.25, 0.3) is 0 Å². The van der Waals surface area contributed by atoms with Crippen molar-refractivity contribution in [3.8, 4) is 0 Å². The summed E-state index contributed by atoms with van der Waals surface area (Å²) >= 11 is 0. The Morgan fingerprint density at radius 2 is 1.81 bits per heavy atom. The molecule has 1 aromatic heterocycles. The van der Waals surface area contributed by atoms with Crippen molar-refractivity contribution in [3.05, 3.63) is 54.0 Å². The van der Waals surface area contributed by atoms with Gasteiger partial charge >= 0.3 is 0 Å². The molecule has 1 N–H and O–H groups in total. The third-order valence-corrected chi connectivity index (χ3v) is 4.38. The van der Waals surface area contributed by atoms with Crippen molar-refractivity contribution in [1.29, 1.82) is 0 Å². The molecule has 0 radical (unpaired) electrons. The largest absolute Gasteiger partial charge is 0.472 e. The number of anilines is 1. The van der Waals surface area contributed by atoms with Gasteiger partial charge in [-0.15, -0.1) is 0 Å². The summed E-state index contributed by atoms with van der Waals surface area (Å²) in [6.45, 7) is 4.04. The number of carbonyl (C=O) groups excluding carboxylic acids is 3. The van der Waals surface area contributed by atoms with Crippen LogP contribution in [-0.4, -0.2) is 60.1 Å². The Labute approximate surface area is 151 Å². The third kappa shape index (κ3) is 4.18. The van der Waals surface area contributed by atoms with Crippen LogP contribution >= 0.6 is 0 Å². The normalized spacial score (nSPS) is 14.9. The topological polar surface area (TPSA) is 82.9 Å². The number of hydrogen-bond donors (Lipinski definition) is 1. The van der Waals surface area contributed by atoms with Crippen molar-refractivity contribution in [2.24, 2.45) is 0 Å². The van der Waals surface area contributed by atoms with Crippen LogP contribution in [0, 0.1) is 0 Å². The zero-order valence-electron chi connectivity index (χ0n) is 14.6. The van der Waals surface area contributed by atoms with E-state index in [1.165, 1.54) is 19.5 Å². The molecule has 3 rings (SSSR count). The Hall–Kier alpha value is -2.93. The Balaban J connectivity index is 1.51. The van der Waals surface area contributed by atoms with Crippen LogP contribution in [-0.2, 0) is 4.79 Å². The highest BCUT2D eigenvalue weighted by atomic mass is 16.3. The quantitative estimate of drug-likeness (QED) is 0.828. The molecule has 0 spiro atoms. The van der Waals surface area contributed by atoms with Crippen LogP contribution in [0.3, 0.4) is 0 Å². The molecule has 7 nitrogen and oxygen atoms in total. The van der Waals surface area contributed by atoms with E-state index in [4.69, 9.17) is 4.42 Å². The number of Topliss-reactive ketones (excluding diaryl/α,β-unsaturated/α-hetero) is 1. The molecule has 2 aromatic rings. The van der Waals surface area contributed by atoms with Crippen molar-refractivity contribution < 1.29 is 18.8 Å². The SMILES string of the molecule is CC(=O)c1ccccc1NC(=O)CN1CCN(C(=O)c2ccoc2)CC1. The zero-order chi connectivity index (χ0) is 18.5.